The second-order valence-corrected chi connectivity index (χ2v) is 9.29. The van der Waals surface area contributed by atoms with Gasteiger partial charge >= 0.3 is 7.12 Å². The minimum atomic E-state index is -4.36. The molecule has 1 aliphatic rings. The van der Waals surface area contributed by atoms with Crippen LogP contribution in [0.15, 0.2) is 0 Å². The maximum absolute atomic E-state index is 15.4. The summed E-state index contributed by atoms with van der Waals surface area (Å²) in [4.78, 5) is 0. The number of hydrogen-bond acceptors (Lipinski definition) is 2. The first-order chi connectivity index (χ1) is 19.4. The van der Waals surface area contributed by atoms with Gasteiger partial charge in [0.05, 0.1) is 5.31 Å². The van der Waals surface area contributed by atoms with Gasteiger partial charge < -0.3 is 10.0 Å². The average Bonchev–Trinajstić information content (AvgIpc) is 2.95. The first-order valence-electron chi connectivity index (χ1n) is 11.3. The Kier molecular flexibility index (Phi) is 7.80. The summed E-state index contributed by atoms with van der Waals surface area (Å²) >= 11 is 0. The van der Waals surface area contributed by atoms with Crippen LogP contribution in [0.25, 0.3) is 0 Å². The first kappa shape index (κ1) is 31.5. The largest absolute Gasteiger partial charge is 0.464 e. The highest BCUT2D eigenvalue weighted by Gasteiger charge is 2.68. The van der Waals surface area contributed by atoms with Crippen molar-refractivity contribution in [3.05, 3.63) is 104 Å². The highest BCUT2D eigenvalue weighted by Crippen LogP contribution is 2.61. The van der Waals surface area contributed by atoms with E-state index in [9.17, 15) is 49.6 Å². The average molecular weight is 626 g/mol. The molecule has 18 heteroatoms. The minimum absolute atomic E-state index is 0.719. The third-order valence-electron chi connectivity index (χ3n) is 7.50. The Morgan fingerprint density at radius 2 is 0.595 bits per heavy atom. The Hall–Kier alpha value is -3.41. The van der Waals surface area contributed by atoms with Crippen LogP contribution in [0.1, 0.15) is 42.4 Å². The maximum atomic E-state index is 15.4. The van der Waals surface area contributed by atoms with Gasteiger partial charge in [0.1, 0.15) is 0 Å². The number of halogens is 15. The highest BCUT2D eigenvalue weighted by molar-refractivity contribution is 6.46. The molecule has 0 radical (unpaired) electrons. The summed E-state index contributed by atoms with van der Waals surface area (Å²) in [6.07, 6.45) is -4.74. The van der Waals surface area contributed by atoms with E-state index >= 15 is 26.3 Å². The van der Waals surface area contributed by atoms with Crippen LogP contribution in [-0.2, 0) is 10.7 Å². The van der Waals surface area contributed by atoms with E-state index in [1.54, 1.807) is 0 Å². The second-order valence-electron chi connectivity index (χ2n) is 9.29. The lowest BCUT2D eigenvalue weighted by Gasteiger charge is -2.54. The third kappa shape index (κ3) is 3.79. The van der Waals surface area contributed by atoms with Crippen molar-refractivity contribution in [2.75, 3.05) is 0 Å². The van der Waals surface area contributed by atoms with Gasteiger partial charge in [-0.2, -0.15) is 0 Å². The molecule has 1 fully saturated rings. The van der Waals surface area contributed by atoms with Crippen LogP contribution in [0.2, 0.25) is 0 Å². The summed E-state index contributed by atoms with van der Waals surface area (Å²) in [5.74, 6) is -45.0. The van der Waals surface area contributed by atoms with Crippen LogP contribution in [0, 0.1) is 87.3 Å². The van der Waals surface area contributed by atoms with E-state index in [4.69, 9.17) is 0 Å². The maximum Gasteiger partial charge on any atom is 0.464 e. The Bertz CT molecular complexity index is 1490. The van der Waals surface area contributed by atoms with Crippen molar-refractivity contribution in [1.82, 2.24) is 0 Å². The van der Waals surface area contributed by atoms with Crippen molar-refractivity contribution in [3.63, 3.8) is 0 Å². The SMILES string of the molecule is OB(O)C1(c2c(F)c(F)c(F)c(F)c2F)CCCCC1(c1c(F)c(F)c(F)c(F)c1F)c1c(F)c(F)c(F)c(F)c1F. The third-order valence-corrected chi connectivity index (χ3v) is 7.50. The molecule has 3 aromatic carbocycles. The predicted octanol–water partition coefficient (Wildman–Crippen LogP) is 6.58. The predicted molar refractivity (Wildman–Crippen MR) is 110 cm³/mol. The minimum Gasteiger partial charge on any atom is -0.426 e. The summed E-state index contributed by atoms with van der Waals surface area (Å²) in [5.41, 5.74) is -12.1. The van der Waals surface area contributed by atoms with Gasteiger partial charge in [0.25, 0.3) is 0 Å². The van der Waals surface area contributed by atoms with E-state index in [-0.39, 0.29) is 0 Å². The van der Waals surface area contributed by atoms with Gasteiger partial charge in [0.2, 0.25) is 17.5 Å². The molecule has 0 spiro atoms. The molecule has 0 bridgehead atoms. The van der Waals surface area contributed by atoms with Gasteiger partial charge in [-0.25, -0.2) is 65.9 Å². The van der Waals surface area contributed by atoms with Gasteiger partial charge in [-0.1, -0.05) is 12.8 Å². The Labute approximate surface area is 224 Å². The molecule has 2 N–H and O–H groups in total. The van der Waals surface area contributed by atoms with Crippen molar-refractivity contribution in [1.29, 1.82) is 0 Å². The van der Waals surface area contributed by atoms with Gasteiger partial charge in [0.15, 0.2) is 69.8 Å². The molecule has 4 rings (SSSR count). The smallest absolute Gasteiger partial charge is 0.426 e. The first-order valence-corrected chi connectivity index (χ1v) is 11.3. The monoisotopic (exact) mass is 626 g/mol. The zero-order valence-corrected chi connectivity index (χ0v) is 20.0. The molecule has 0 heterocycles. The molecule has 0 aromatic heterocycles. The molecule has 3 aromatic rings. The lowest BCUT2D eigenvalue weighted by atomic mass is 9.35. The summed E-state index contributed by atoms with van der Waals surface area (Å²) in [6, 6.07) is 0. The topological polar surface area (TPSA) is 40.5 Å². The van der Waals surface area contributed by atoms with E-state index in [1.165, 1.54) is 0 Å². The molecular weight excluding hydrogens is 616 g/mol. The number of hydrogen-bond donors (Lipinski definition) is 2. The van der Waals surface area contributed by atoms with Crippen LogP contribution in [0.5, 0.6) is 0 Å². The molecule has 1 unspecified atom stereocenters. The molecule has 1 saturated carbocycles. The molecule has 42 heavy (non-hydrogen) atoms. The van der Waals surface area contributed by atoms with Crippen molar-refractivity contribution in [2.45, 2.75) is 36.4 Å². The van der Waals surface area contributed by atoms with Crippen molar-refractivity contribution >= 4 is 7.12 Å². The molecule has 0 aliphatic heterocycles. The number of rotatable bonds is 4. The number of benzene rings is 3. The van der Waals surface area contributed by atoms with E-state index in [2.05, 4.69) is 0 Å². The standard InChI is InChI=1S/C24H10BF15O2/c26-8-5(9(27)15(33)20(38)14(8)32)23(6-10(28)16(34)21(39)17(35)11(6)29)3-1-2-4-24(23,25(41)42)7-12(30)18(36)22(40)19(37)13(7)31/h41-42H,1-4H2. The normalized spacial score (nSPS) is 18.5. The van der Waals surface area contributed by atoms with Crippen LogP contribution in [0.3, 0.4) is 0 Å². The lowest BCUT2D eigenvalue weighted by Crippen LogP contribution is -2.63. The van der Waals surface area contributed by atoms with Crippen molar-refractivity contribution < 1.29 is 75.9 Å². The molecule has 0 saturated heterocycles. The molecular formula is C24H10BF15O2. The molecule has 1 aliphatic carbocycles. The summed E-state index contributed by atoms with van der Waals surface area (Å²) in [7, 11) is -3.81. The zero-order chi connectivity index (χ0) is 31.8. The van der Waals surface area contributed by atoms with E-state index in [0.29, 0.717) is 0 Å². The van der Waals surface area contributed by atoms with Gasteiger partial charge in [-0.15, -0.1) is 0 Å². The fourth-order valence-corrected chi connectivity index (χ4v) is 5.82. The van der Waals surface area contributed by atoms with Crippen LogP contribution in [-0.4, -0.2) is 17.2 Å². The fraction of sp³-hybridized carbons (Fsp3) is 0.250. The Morgan fingerprint density at radius 3 is 0.881 bits per heavy atom. The molecule has 0 amide bonds. The van der Waals surface area contributed by atoms with Gasteiger partial charge in [0, 0.05) is 22.1 Å². The Balaban J connectivity index is 2.47. The lowest BCUT2D eigenvalue weighted by molar-refractivity contribution is 0.160. The van der Waals surface area contributed by atoms with Gasteiger partial charge in [-0.05, 0) is 12.8 Å². The van der Waals surface area contributed by atoms with Crippen LogP contribution >= 0.6 is 0 Å². The molecule has 226 valence electrons. The van der Waals surface area contributed by atoms with Crippen LogP contribution in [0.4, 0.5) is 65.9 Å². The van der Waals surface area contributed by atoms with Crippen molar-refractivity contribution in [3.8, 4) is 0 Å². The summed E-state index contributed by atoms with van der Waals surface area (Å²) < 4.78 is 221. The van der Waals surface area contributed by atoms with E-state index in [1.807, 2.05) is 0 Å². The van der Waals surface area contributed by atoms with Crippen molar-refractivity contribution in [2.24, 2.45) is 0 Å². The Morgan fingerprint density at radius 1 is 0.357 bits per heavy atom. The highest BCUT2D eigenvalue weighted by atomic mass is 19.2. The quantitative estimate of drug-likeness (QED) is 0.149. The molecule has 2 nitrogen and oxygen atoms in total. The second kappa shape index (κ2) is 10.4. The summed E-state index contributed by atoms with van der Waals surface area (Å²) in [5, 5.41) is 16.7. The van der Waals surface area contributed by atoms with E-state index < -0.39 is 147 Å². The zero-order valence-electron chi connectivity index (χ0n) is 20.0. The van der Waals surface area contributed by atoms with E-state index in [0.717, 1.165) is 0 Å². The van der Waals surface area contributed by atoms with Crippen LogP contribution < -0.4 is 0 Å². The van der Waals surface area contributed by atoms with Gasteiger partial charge in [-0.3, -0.25) is 0 Å². The fourth-order valence-electron chi connectivity index (χ4n) is 5.82. The summed E-state index contributed by atoms with van der Waals surface area (Å²) in [6.45, 7) is 0. The molecule has 1 atom stereocenters.